The second kappa shape index (κ2) is 8.61. The molecule has 0 amide bonds. The summed E-state index contributed by atoms with van der Waals surface area (Å²) in [6.45, 7) is 12.7. The summed E-state index contributed by atoms with van der Waals surface area (Å²) >= 11 is 0. The molecule has 0 radical (unpaired) electrons. The van der Waals surface area contributed by atoms with E-state index in [9.17, 15) is 0 Å². The van der Waals surface area contributed by atoms with Gasteiger partial charge in [0, 0.05) is 12.1 Å². The van der Waals surface area contributed by atoms with Crippen LogP contribution < -0.4 is 22.9 Å². The standard InChI is InChI=1S/C23H42N4O2/c1-20(2,26)28-13-18(24)22(5)11-16-9-7-8-10-17(16)12-23(6,15-22)19(25)14-29-21(3,4)27/h7-10,18-19H,11-15,24-27H2,1-6H3. The Balaban J connectivity index is 2.33. The molecule has 0 heterocycles. The Bertz CT molecular complexity index is 625. The normalized spacial score (nSPS) is 27.8. The molecule has 0 aromatic heterocycles. The number of ether oxygens (including phenoxy) is 2. The molecule has 0 fully saturated rings. The Labute approximate surface area is 176 Å². The molecule has 0 spiro atoms. The molecule has 1 aromatic carbocycles. The highest BCUT2D eigenvalue weighted by molar-refractivity contribution is 5.32. The third-order valence-corrected chi connectivity index (χ3v) is 6.17. The van der Waals surface area contributed by atoms with E-state index in [1.54, 1.807) is 0 Å². The maximum Gasteiger partial charge on any atom is 0.111 e. The summed E-state index contributed by atoms with van der Waals surface area (Å²) in [6.07, 6.45) is 2.62. The zero-order valence-corrected chi connectivity index (χ0v) is 19.1. The van der Waals surface area contributed by atoms with Gasteiger partial charge in [0.25, 0.3) is 0 Å². The first-order valence-corrected chi connectivity index (χ1v) is 10.6. The molecule has 0 aliphatic heterocycles. The topological polar surface area (TPSA) is 123 Å². The Morgan fingerprint density at radius 2 is 1.17 bits per heavy atom. The van der Waals surface area contributed by atoms with Crippen molar-refractivity contribution in [2.75, 3.05) is 13.2 Å². The van der Waals surface area contributed by atoms with Gasteiger partial charge in [-0.15, -0.1) is 0 Å². The zero-order chi connectivity index (χ0) is 22.1. The summed E-state index contributed by atoms with van der Waals surface area (Å²) in [7, 11) is 0. The maximum atomic E-state index is 6.71. The Hall–Kier alpha value is -1.02. The first kappa shape index (κ1) is 24.3. The van der Waals surface area contributed by atoms with E-state index < -0.39 is 11.4 Å². The van der Waals surface area contributed by atoms with Crippen molar-refractivity contribution in [3.05, 3.63) is 35.4 Å². The fraction of sp³-hybridized carbons (Fsp3) is 0.739. The molecule has 29 heavy (non-hydrogen) atoms. The molecule has 6 heteroatoms. The van der Waals surface area contributed by atoms with Crippen LogP contribution in [-0.4, -0.2) is 36.7 Å². The van der Waals surface area contributed by atoms with Gasteiger partial charge in [-0.05, 0) is 68.9 Å². The van der Waals surface area contributed by atoms with Crippen LogP contribution in [0.2, 0.25) is 0 Å². The summed E-state index contributed by atoms with van der Waals surface area (Å²) in [5.41, 5.74) is 26.3. The van der Waals surface area contributed by atoms with Crippen molar-refractivity contribution in [2.24, 2.45) is 33.8 Å². The van der Waals surface area contributed by atoms with Gasteiger partial charge < -0.3 is 32.4 Å². The molecule has 1 aliphatic carbocycles. The molecule has 1 aromatic rings. The Morgan fingerprint density at radius 1 is 0.828 bits per heavy atom. The summed E-state index contributed by atoms with van der Waals surface area (Å²) < 4.78 is 11.7. The van der Waals surface area contributed by atoms with E-state index in [2.05, 4.69) is 38.1 Å². The minimum absolute atomic E-state index is 0.171. The summed E-state index contributed by atoms with van der Waals surface area (Å²) in [5, 5.41) is 0. The van der Waals surface area contributed by atoms with E-state index in [1.165, 1.54) is 11.1 Å². The van der Waals surface area contributed by atoms with Crippen LogP contribution in [0.5, 0.6) is 0 Å². The maximum absolute atomic E-state index is 6.71. The van der Waals surface area contributed by atoms with Gasteiger partial charge in [-0.3, -0.25) is 0 Å². The summed E-state index contributed by atoms with van der Waals surface area (Å²) in [4.78, 5) is 0. The Morgan fingerprint density at radius 3 is 1.48 bits per heavy atom. The molecule has 8 N–H and O–H groups in total. The highest BCUT2D eigenvalue weighted by Crippen LogP contribution is 2.46. The average Bonchev–Trinajstić information content (AvgIpc) is 2.69. The van der Waals surface area contributed by atoms with Crippen LogP contribution in [0.1, 0.15) is 59.1 Å². The molecular formula is C23H42N4O2. The van der Waals surface area contributed by atoms with E-state index in [1.807, 2.05) is 27.7 Å². The van der Waals surface area contributed by atoms with Crippen LogP contribution in [-0.2, 0) is 22.3 Å². The summed E-state index contributed by atoms with van der Waals surface area (Å²) in [6, 6.07) is 8.24. The van der Waals surface area contributed by atoms with Crippen LogP contribution in [0.25, 0.3) is 0 Å². The third kappa shape index (κ3) is 6.74. The van der Waals surface area contributed by atoms with Gasteiger partial charge in [0.15, 0.2) is 0 Å². The number of nitrogens with two attached hydrogens (primary N) is 4. The minimum Gasteiger partial charge on any atom is -0.360 e. The highest BCUT2D eigenvalue weighted by atomic mass is 16.5. The van der Waals surface area contributed by atoms with Crippen molar-refractivity contribution < 1.29 is 9.47 Å². The van der Waals surface area contributed by atoms with E-state index in [0.29, 0.717) is 13.2 Å². The molecule has 0 saturated carbocycles. The molecule has 1 aliphatic rings. The molecule has 2 rings (SSSR count). The monoisotopic (exact) mass is 406 g/mol. The quantitative estimate of drug-likeness (QED) is 0.388. The number of rotatable bonds is 8. The number of fused-ring (bicyclic) bond motifs is 1. The summed E-state index contributed by atoms with van der Waals surface area (Å²) in [5.74, 6) is 0. The van der Waals surface area contributed by atoms with Crippen LogP contribution in [0.4, 0.5) is 0 Å². The minimum atomic E-state index is -0.711. The smallest absolute Gasteiger partial charge is 0.111 e. The highest BCUT2D eigenvalue weighted by Gasteiger charge is 2.45. The first-order valence-electron chi connectivity index (χ1n) is 10.6. The second-order valence-electron chi connectivity index (χ2n) is 10.6. The number of hydrogen-bond acceptors (Lipinski definition) is 6. The molecule has 6 nitrogen and oxygen atoms in total. The van der Waals surface area contributed by atoms with Crippen LogP contribution in [0, 0.1) is 10.8 Å². The van der Waals surface area contributed by atoms with Gasteiger partial charge in [-0.25, -0.2) is 0 Å². The van der Waals surface area contributed by atoms with Crippen molar-refractivity contribution in [2.45, 2.75) is 84.3 Å². The van der Waals surface area contributed by atoms with Crippen LogP contribution in [0.3, 0.4) is 0 Å². The fourth-order valence-corrected chi connectivity index (χ4v) is 4.36. The van der Waals surface area contributed by atoms with Crippen molar-refractivity contribution in [1.82, 2.24) is 0 Å². The lowest BCUT2D eigenvalue weighted by Crippen LogP contribution is -2.53. The van der Waals surface area contributed by atoms with Crippen LogP contribution in [0.15, 0.2) is 24.3 Å². The van der Waals surface area contributed by atoms with Crippen molar-refractivity contribution in [1.29, 1.82) is 0 Å². The van der Waals surface area contributed by atoms with Crippen molar-refractivity contribution in [3.63, 3.8) is 0 Å². The third-order valence-electron chi connectivity index (χ3n) is 6.17. The van der Waals surface area contributed by atoms with Gasteiger partial charge in [-0.2, -0.15) is 0 Å². The molecule has 4 unspecified atom stereocenters. The lowest BCUT2D eigenvalue weighted by molar-refractivity contribution is -0.0528. The predicted octanol–water partition coefficient (Wildman–Crippen LogP) is 2.27. The molecule has 0 saturated heterocycles. The lowest BCUT2D eigenvalue weighted by atomic mass is 9.65. The molecule has 166 valence electrons. The van der Waals surface area contributed by atoms with Crippen molar-refractivity contribution in [3.8, 4) is 0 Å². The number of hydrogen-bond donors (Lipinski definition) is 4. The molecule has 0 bridgehead atoms. The molecule has 4 atom stereocenters. The fourth-order valence-electron chi connectivity index (χ4n) is 4.36. The van der Waals surface area contributed by atoms with Gasteiger partial charge in [0.1, 0.15) is 11.4 Å². The van der Waals surface area contributed by atoms with Crippen LogP contribution >= 0.6 is 0 Å². The van der Waals surface area contributed by atoms with Gasteiger partial charge in [-0.1, -0.05) is 38.1 Å². The second-order valence-corrected chi connectivity index (χ2v) is 10.6. The Kier molecular flexibility index (Phi) is 7.20. The average molecular weight is 407 g/mol. The molecular weight excluding hydrogens is 364 g/mol. The van der Waals surface area contributed by atoms with E-state index in [0.717, 1.165) is 19.3 Å². The zero-order valence-electron chi connectivity index (χ0n) is 19.1. The largest absolute Gasteiger partial charge is 0.360 e. The van der Waals surface area contributed by atoms with Gasteiger partial charge in [0.2, 0.25) is 0 Å². The SMILES string of the molecule is CC(C)(N)OCC(N)C1(C)Cc2ccccc2CC(C)(C(N)COC(C)(C)N)C1. The number of benzene rings is 1. The van der Waals surface area contributed by atoms with E-state index in [4.69, 9.17) is 32.4 Å². The van der Waals surface area contributed by atoms with Gasteiger partial charge >= 0.3 is 0 Å². The lowest BCUT2D eigenvalue weighted by Gasteiger charge is -2.44. The van der Waals surface area contributed by atoms with Gasteiger partial charge in [0.05, 0.1) is 13.2 Å². The first-order chi connectivity index (χ1) is 13.1. The predicted molar refractivity (Wildman–Crippen MR) is 119 cm³/mol. The van der Waals surface area contributed by atoms with E-state index >= 15 is 0 Å². The van der Waals surface area contributed by atoms with Crippen molar-refractivity contribution >= 4 is 0 Å². The van der Waals surface area contributed by atoms with E-state index in [-0.39, 0.29) is 22.9 Å².